The summed E-state index contributed by atoms with van der Waals surface area (Å²) in [6.07, 6.45) is 0.377. The number of likely N-dealkylation sites (N-methyl/N-ethyl adjacent to an activating group) is 1. The van der Waals surface area contributed by atoms with E-state index in [4.69, 9.17) is 10.8 Å². The number of hydrogen-bond acceptors (Lipinski definition) is 5. The first-order valence-corrected chi connectivity index (χ1v) is 7.61. The molecule has 4 N–H and O–H groups in total. The highest BCUT2D eigenvalue weighted by Crippen LogP contribution is 2.21. The van der Waals surface area contributed by atoms with Crippen molar-refractivity contribution < 1.29 is 23.1 Å². The summed E-state index contributed by atoms with van der Waals surface area (Å²) in [5, 5.41) is 8.83. The average Bonchev–Trinajstić information content (AvgIpc) is 2.69. The SMILES string of the molecule is CN1CCC(NS(=O)(=O)c2ccc(C(=O)O)cc2N)C1=O. The highest BCUT2D eigenvalue weighted by Gasteiger charge is 2.33. The highest BCUT2D eigenvalue weighted by molar-refractivity contribution is 7.89. The summed E-state index contributed by atoms with van der Waals surface area (Å²) in [5.41, 5.74) is 5.32. The Hall–Kier alpha value is -2.13. The Balaban J connectivity index is 2.28. The fraction of sp³-hybridized carbons (Fsp3) is 0.333. The van der Waals surface area contributed by atoms with Crippen molar-refractivity contribution in [3.05, 3.63) is 23.8 Å². The molecule has 1 atom stereocenters. The van der Waals surface area contributed by atoms with E-state index in [9.17, 15) is 18.0 Å². The molecular weight excluding hydrogens is 298 g/mol. The molecule has 114 valence electrons. The lowest BCUT2D eigenvalue weighted by molar-refractivity contribution is -0.127. The number of benzene rings is 1. The van der Waals surface area contributed by atoms with E-state index in [1.807, 2.05) is 0 Å². The number of rotatable bonds is 4. The normalized spacial score (nSPS) is 19.0. The lowest BCUT2D eigenvalue weighted by Crippen LogP contribution is -2.40. The van der Waals surface area contributed by atoms with Gasteiger partial charge >= 0.3 is 5.97 Å². The molecule has 9 heteroatoms. The number of hydrogen-bond donors (Lipinski definition) is 3. The number of nitrogens with two attached hydrogens (primary N) is 1. The van der Waals surface area contributed by atoms with Gasteiger partial charge in [0.25, 0.3) is 0 Å². The number of carbonyl (C=O) groups excluding carboxylic acids is 1. The van der Waals surface area contributed by atoms with Crippen LogP contribution in [0, 0.1) is 0 Å². The lowest BCUT2D eigenvalue weighted by atomic mass is 10.2. The summed E-state index contributed by atoms with van der Waals surface area (Å²) in [7, 11) is -2.40. The van der Waals surface area contributed by atoms with E-state index in [1.165, 1.54) is 4.90 Å². The molecule has 2 rings (SSSR count). The van der Waals surface area contributed by atoms with Crippen molar-refractivity contribution in [2.75, 3.05) is 19.3 Å². The Kier molecular flexibility index (Phi) is 3.88. The molecule has 1 amide bonds. The lowest BCUT2D eigenvalue weighted by Gasteiger charge is -2.14. The van der Waals surface area contributed by atoms with E-state index in [-0.39, 0.29) is 22.1 Å². The van der Waals surface area contributed by atoms with Crippen LogP contribution in [0.4, 0.5) is 5.69 Å². The van der Waals surface area contributed by atoms with Crippen LogP contribution in [0.3, 0.4) is 0 Å². The second-order valence-corrected chi connectivity index (χ2v) is 6.46. The maximum atomic E-state index is 12.2. The van der Waals surface area contributed by atoms with Gasteiger partial charge in [-0.2, -0.15) is 4.72 Å². The Bertz CT molecular complexity index is 701. The Morgan fingerprint density at radius 2 is 2.14 bits per heavy atom. The Labute approximate surface area is 121 Å². The molecule has 0 aliphatic carbocycles. The molecule has 1 unspecified atom stereocenters. The van der Waals surface area contributed by atoms with Crippen molar-refractivity contribution >= 4 is 27.6 Å². The van der Waals surface area contributed by atoms with Gasteiger partial charge in [0, 0.05) is 13.6 Å². The van der Waals surface area contributed by atoms with Gasteiger partial charge in [-0.05, 0) is 24.6 Å². The van der Waals surface area contributed by atoms with Gasteiger partial charge in [-0.1, -0.05) is 0 Å². The minimum Gasteiger partial charge on any atom is -0.478 e. The summed E-state index contributed by atoms with van der Waals surface area (Å²) < 4.78 is 26.8. The third-order valence-electron chi connectivity index (χ3n) is 3.27. The van der Waals surface area contributed by atoms with Crippen LogP contribution < -0.4 is 10.5 Å². The number of likely N-dealkylation sites (tertiary alicyclic amines) is 1. The van der Waals surface area contributed by atoms with Gasteiger partial charge in [-0.15, -0.1) is 0 Å². The predicted octanol–water partition coefficient (Wildman–Crippen LogP) is -0.524. The molecule has 1 heterocycles. The molecule has 0 saturated carbocycles. The Morgan fingerprint density at radius 3 is 2.62 bits per heavy atom. The zero-order chi connectivity index (χ0) is 15.8. The molecule has 21 heavy (non-hydrogen) atoms. The third-order valence-corrected chi connectivity index (χ3v) is 4.82. The fourth-order valence-corrected chi connectivity index (χ4v) is 3.45. The van der Waals surface area contributed by atoms with E-state index >= 15 is 0 Å². The van der Waals surface area contributed by atoms with Gasteiger partial charge in [-0.3, -0.25) is 4.79 Å². The minimum atomic E-state index is -3.99. The number of carbonyl (C=O) groups is 2. The number of carboxylic acid groups (broad SMARTS) is 1. The fourth-order valence-electron chi connectivity index (χ4n) is 2.11. The van der Waals surface area contributed by atoms with Crippen LogP contribution in [-0.2, 0) is 14.8 Å². The van der Waals surface area contributed by atoms with Gasteiger partial charge in [-0.25, -0.2) is 13.2 Å². The number of sulfonamides is 1. The monoisotopic (exact) mass is 313 g/mol. The van der Waals surface area contributed by atoms with Gasteiger partial charge in [0.15, 0.2) is 0 Å². The largest absolute Gasteiger partial charge is 0.478 e. The zero-order valence-corrected chi connectivity index (χ0v) is 12.1. The quantitative estimate of drug-likeness (QED) is 0.641. The molecule has 0 radical (unpaired) electrons. The van der Waals surface area contributed by atoms with E-state index in [2.05, 4.69) is 4.72 Å². The number of nitrogen functional groups attached to an aromatic ring is 1. The van der Waals surface area contributed by atoms with Crippen LogP contribution in [0.15, 0.2) is 23.1 Å². The van der Waals surface area contributed by atoms with Crippen molar-refractivity contribution in [1.82, 2.24) is 9.62 Å². The number of aromatic carboxylic acids is 1. The van der Waals surface area contributed by atoms with Crippen molar-refractivity contribution in [2.45, 2.75) is 17.4 Å². The van der Waals surface area contributed by atoms with Crippen LogP contribution in [0.1, 0.15) is 16.8 Å². The molecule has 0 bridgehead atoms. The van der Waals surface area contributed by atoms with E-state index in [1.54, 1.807) is 7.05 Å². The van der Waals surface area contributed by atoms with Crippen LogP contribution in [0.25, 0.3) is 0 Å². The first-order valence-electron chi connectivity index (χ1n) is 6.12. The van der Waals surface area contributed by atoms with Crippen LogP contribution in [0.2, 0.25) is 0 Å². The molecular formula is C12H15N3O5S. The maximum absolute atomic E-state index is 12.2. The average molecular weight is 313 g/mol. The van der Waals surface area contributed by atoms with Crippen LogP contribution in [-0.4, -0.2) is 49.9 Å². The third kappa shape index (κ3) is 2.98. The van der Waals surface area contributed by atoms with Gasteiger partial charge in [0.05, 0.1) is 11.3 Å². The molecule has 0 aromatic heterocycles. The molecule has 8 nitrogen and oxygen atoms in total. The summed E-state index contributed by atoms with van der Waals surface area (Å²) in [4.78, 5) is 23.7. The Morgan fingerprint density at radius 1 is 1.48 bits per heavy atom. The zero-order valence-electron chi connectivity index (χ0n) is 11.2. The van der Waals surface area contributed by atoms with Crippen molar-refractivity contribution in [3.63, 3.8) is 0 Å². The molecule has 1 aromatic carbocycles. The van der Waals surface area contributed by atoms with Gasteiger partial charge in [0.2, 0.25) is 15.9 Å². The van der Waals surface area contributed by atoms with Crippen LogP contribution in [0.5, 0.6) is 0 Å². The number of amides is 1. The van der Waals surface area contributed by atoms with Gasteiger partial charge < -0.3 is 15.7 Å². The van der Waals surface area contributed by atoms with Crippen molar-refractivity contribution in [1.29, 1.82) is 0 Å². The number of anilines is 1. The molecule has 1 aliphatic rings. The molecule has 1 aromatic rings. The first kappa shape index (κ1) is 15.3. The summed E-state index contributed by atoms with van der Waals surface area (Å²) in [5.74, 6) is -1.51. The first-order chi connectivity index (χ1) is 9.72. The molecule has 1 saturated heterocycles. The molecule has 1 aliphatic heterocycles. The molecule has 1 fully saturated rings. The number of nitrogens with one attached hydrogen (secondary N) is 1. The van der Waals surface area contributed by atoms with Crippen molar-refractivity contribution in [3.8, 4) is 0 Å². The standard InChI is InChI=1S/C12H15N3O5S/c1-15-5-4-9(11(15)16)14-21(19,20)10-3-2-7(12(17)18)6-8(10)13/h2-3,6,9,14H,4-5,13H2,1H3,(H,17,18). The number of carboxylic acids is 1. The number of nitrogens with zero attached hydrogens (tertiary/aromatic N) is 1. The minimum absolute atomic E-state index is 0.108. The molecule has 0 spiro atoms. The van der Waals surface area contributed by atoms with E-state index in [0.29, 0.717) is 13.0 Å². The van der Waals surface area contributed by atoms with Crippen LogP contribution >= 0.6 is 0 Å². The topological polar surface area (TPSA) is 130 Å². The van der Waals surface area contributed by atoms with E-state index in [0.717, 1.165) is 18.2 Å². The van der Waals surface area contributed by atoms with Gasteiger partial charge in [0.1, 0.15) is 10.9 Å². The predicted molar refractivity (Wildman–Crippen MR) is 74.2 cm³/mol. The maximum Gasteiger partial charge on any atom is 0.335 e. The van der Waals surface area contributed by atoms with Crippen molar-refractivity contribution in [2.24, 2.45) is 0 Å². The highest BCUT2D eigenvalue weighted by atomic mass is 32.2. The second kappa shape index (κ2) is 5.34. The summed E-state index contributed by atoms with van der Waals surface area (Å²) >= 11 is 0. The second-order valence-electron chi connectivity index (χ2n) is 4.78. The summed E-state index contributed by atoms with van der Waals surface area (Å²) in [6, 6.07) is 2.51. The summed E-state index contributed by atoms with van der Waals surface area (Å²) in [6.45, 7) is 0.472. The van der Waals surface area contributed by atoms with E-state index < -0.39 is 22.0 Å². The smallest absolute Gasteiger partial charge is 0.335 e.